The summed E-state index contributed by atoms with van der Waals surface area (Å²) in [5, 5.41) is 0. The topological polar surface area (TPSA) is 76.6 Å². The Kier molecular flexibility index (Phi) is 4.69. The molecule has 1 fully saturated rings. The molecule has 1 aromatic carbocycles. The number of carbonyl (C=O) groups is 3. The fraction of sp³-hybridized carbons (Fsp3) is 0.333. The molecule has 1 unspecified atom stereocenters. The summed E-state index contributed by atoms with van der Waals surface area (Å²) in [5.41, 5.74) is 3.46. The predicted octanol–water partition coefficient (Wildman–Crippen LogP) is 3.06. The van der Waals surface area contributed by atoms with E-state index in [1.807, 2.05) is 6.07 Å². The largest absolute Gasteiger partial charge is 0.471 e. The predicted molar refractivity (Wildman–Crippen MR) is 110 cm³/mol. The molecule has 0 N–H and O–H groups in total. The number of carbonyl (C=O) groups excluding carboxylic acids is 3. The number of nitrogens with zero attached hydrogens (tertiary/aromatic N) is 2. The lowest BCUT2D eigenvalue weighted by atomic mass is 9.94. The molecule has 30 heavy (non-hydrogen) atoms. The fourth-order valence-corrected chi connectivity index (χ4v) is 4.52. The number of pyridine rings is 1. The van der Waals surface area contributed by atoms with Gasteiger partial charge in [0.25, 0.3) is 5.91 Å². The Bertz CT molecular complexity index is 1070. The molecule has 2 aliphatic heterocycles. The lowest BCUT2D eigenvalue weighted by Gasteiger charge is -2.28. The highest BCUT2D eigenvalue weighted by atomic mass is 16.5. The van der Waals surface area contributed by atoms with Crippen LogP contribution in [0.25, 0.3) is 11.3 Å². The van der Waals surface area contributed by atoms with Crippen LogP contribution in [0.3, 0.4) is 0 Å². The fourth-order valence-electron chi connectivity index (χ4n) is 4.52. The third-order valence-corrected chi connectivity index (χ3v) is 6.10. The van der Waals surface area contributed by atoms with Crippen molar-refractivity contribution >= 4 is 28.8 Å². The van der Waals surface area contributed by atoms with Crippen molar-refractivity contribution < 1.29 is 19.1 Å². The van der Waals surface area contributed by atoms with Crippen molar-refractivity contribution in [3.8, 4) is 0 Å². The third kappa shape index (κ3) is 3.12. The zero-order valence-electron chi connectivity index (χ0n) is 16.6. The molecule has 152 valence electrons. The molecule has 1 atom stereocenters. The molecule has 1 aromatic heterocycles. The first-order valence-corrected chi connectivity index (χ1v) is 10.4. The van der Waals surface area contributed by atoms with Gasteiger partial charge in [-0.05, 0) is 48.9 Å². The number of amides is 1. The molecule has 2 aromatic rings. The van der Waals surface area contributed by atoms with E-state index in [4.69, 9.17) is 4.74 Å². The normalized spacial score (nSPS) is 21.1. The summed E-state index contributed by atoms with van der Waals surface area (Å²) in [6, 6.07) is 9.00. The molecular formula is C24H22N2O4. The van der Waals surface area contributed by atoms with E-state index in [1.54, 1.807) is 41.6 Å². The van der Waals surface area contributed by atoms with Gasteiger partial charge in [-0.25, -0.2) is 0 Å². The van der Waals surface area contributed by atoms with Gasteiger partial charge in [0.05, 0.1) is 5.57 Å². The lowest BCUT2D eigenvalue weighted by Crippen LogP contribution is -2.44. The van der Waals surface area contributed by atoms with Crippen LogP contribution in [0.5, 0.6) is 0 Å². The third-order valence-electron chi connectivity index (χ3n) is 6.10. The maximum Gasteiger partial charge on any atom is 0.271 e. The number of ketones is 2. The molecule has 1 aliphatic carbocycles. The highest BCUT2D eigenvalue weighted by molar-refractivity contribution is 6.36. The van der Waals surface area contributed by atoms with Gasteiger partial charge in [0.15, 0.2) is 5.78 Å². The van der Waals surface area contributed by atoms with E-state index in [0.717, 1.165) is 30.4 Å². The van der Waals surface area contributed by atoms with Gasteiger partial charge in [-0.2, -0.15) is 0 Å². The van der Waals surface area contributed by atoms with Gasteiger partial charge in [-0.3, -0.25) is 19.4 Å². The Morgan fingerprint density at radius 2 is 1.73 bits per heavy atom. The first kappa shape index (κ1) is 18.7. The Labute approximate surface area is 174 Å². The van der Waals surface area contributed by atoms with Gasteiger partial charge < -0.3 is 9.64 Å². The first-order valence-electron chi connectivity index (χ1n) is 10.4. The average Bonchev–Trinajstić information content (AvgIpc) is 3.34. The standard InChI is InChI=1S/C24H22N2O4/c27-19-7-5-16-14-17(4-6-18(16)19)20-21(28)23(24(29)26-12-2-1-3-13-26)30-22(20)15-8-10-25-11-9-15/h4,6,8-11,14,23H,1-3,5,7,12-13H2. The average molecular weight is 402 g/mol. The minimum atomic E-state index is -1.16. The number of aromatic nitrogens is 1. The van der Waals surface area contributed by atoms with E-state index in [1.165, 1.54) is 0 Å². The quantitative estimate of drug-likeness (QED) is 0.738. The number of rotatable bonds is 3. The second kappa shape index (κ2) is 7.52. The van der Waals surface area contributed by atoms with E-state index in [-0.39, 0.29) is 17.5 Å². The summed E-state index contributed by atoms with van der Waals surface area (Å²) in [4.78, 5) is 44.3. The highest BCUT2D eigenvalue weighted by Crippen LogP contribution is 2.38. The Morgan fingerprint density at radius 1 is 0.967 bits per heavy atom. The van der Waals surface area contributed by atoms with E-state index >= 15 is 0 Å². The van der Waals surface area contributed by atoms with Crippen LogP contribution in [0, 0.1) is 0 Å². The maximum absolute atomic E-state index is 13.4. The number of aryl methyl sites for hydroxylation is 1. The van der Waals surface area contributed by atoms with E-state index < -0.39 is 6.10 Å². The monoisotopic (exact) mass is 402 g/mol. The van der Waals surface area contributed by atoms with Gasteiger partial charge in [-0.15, -0.1) is 0 Å². The Hall–Kier alpha value is -3.28. The summed E-state index contributed by atoms with van der Waals surface area (Å²) < 4.78 is 6.03. The Balaban J connectivity index is 1.55. The summed E-state index contributed by atoms with van der Waals surface area (Å²) in [6.07, 6.45) is 6.27. The zero-order valence-corrected chi connectivity index (χ0v) is 16.6. The van der Waals surface area contributed by atoms with Gasteiger partial charge in [0, 0.05) is 43.0 Å². The molecule has 0 bridgehead atoms. The van der Waals surface area contributed by atoms with Crippen LogP contribution in [0.15, 0.2) is 42.7 Å². The highest BCUT2D eigenvalue weighted by Gasteiger charge is 2.43. The number of likely N-dealkylation sites (tertiary alicyclic amines) is 1. The summed E-state index contributed by atoms with van der Waals surface area (Å²) in [5.74, 6) is -0.0478. The molecule has 6 heteroatoms. The molecule has 3 aliphatic rings. The van der Waals surface area contributed by atoms with E-state index in [9.17, 15) is 14.4 Å². The van der Waals surface area contributed by atoms with Crippen molar-refractivity contribution in [2.75, 3.05) is 13.1 Å². The van der Waals surface area contributed by atoms with E-state index in [2.05, 4.69) is 4.98 Å². The number of ether oxygens (including phenoxy) is 1. The smallest absolute Gasteiger partial charge is 0.271 e. The van der Waals surface area contributed by atoms with Crippen LogP contribution in [0.2, 0.25) is 0 Å². The lowest BCUT2D eigenvalue weighted by molar-refractivity contribution is -0.144. The van der Waals surface area contributed by atoms with Crippen molar-refractivity contribution in [3.63, 3.8) is 0 Å². The summed E-state index contributed by atoms with van der Waals surface area (Å²) in [6.45, 7) is 1.32. The first-order chi connectivity index (χ1) is 14.6. The molecule has 0 saturated carbocycles. The molecule has 0 radical (unpaired) electrons. The Morgan fingerprint density at radius 3 is 2.50 bits per heavy atom. The second-order valence-corrected chi connectivity index (χ2v) is 7.98. The van der Waals surface area contributed by atoms with Gasteiger partial charge in [-0.1, -0.05) is 18.2 Å². The second-order valence-electron chi connectivity index (χ2n) is 7.98. The van der Waals surface area contributed by atoms with Crippen molar-refractivity contribution in [2.45, 2.75) is 38.2 Å². The van der Waals surface area contributed by atoms with Gasteiger partial charge in [0.2, 0.25) is 11.9 Å². The van der Waals surface area contributed by atoms with Crippen LogP contribution < -0.4 is 0 Å². The number of piperidine rings is 1. The number of fused-ring (bicyclic) bond motifs is 1. The number of hydrogen-bond donors (Lipinski definition) is 0. The molecule has 1 saturated heterocycles. The van der Waals surface area contributed by atoms with Crippen LogP contribution in [-0.4, -0.2) is 46.6 Å². The molecule has 6 nitrogen and oxygen atoms in total. The molecule has 5 rings (SSSR count). The van der Waals surface area contributed by atoms with Crippen molar-refractivity contribution in [3.05, 3.63) is 65.0 Å². The van der Waals surface area contributed by atoms with Crippen molar-refractivity contribution in [1.29, 1.82) is 0 Å². The molecule has 0 spiro atoms. The van der Waals surface area contributed by atoms with E-state index in [0.29, 0.717) is 48.4 Å². The van der Waals surface area contributed by atoms with Crippen LogP contribution in [-0.2, 0) is 20.7 Å². The van der Waals surface area contributed by atoms with Crippen LogP contribution in [0.4, 0.5) is 0 Å². The number of hydrogen-bond acceptors (Lipinski definition) is 5. The molecular weight excluding hydrogens is 380 g/mol. The minimum Gasteiger partial charge on any atom is -0.471 e. The molecule has 1 amide bonds. The summed E-state index contributed by atoms with van der Waals surface area (Å²) >= 11 is 0. The molecule has 3 heterocycles. The maximum atomic E-state index is 13.4. The zero-order chi connectivity index (χ0) is 20.7. The van der Waals surface area contributed by atoms with Gasteiger partial charge in [0.1, 0.15) is 5.76 Å². The number of benzene rings is 1. The minimum absolute atomic E-state index is 0.132. The summed E-state index contributed by atoms with van der Waals surface area (Å²) in [7, 11) is 0. The van der Waals surface area contributed by atoms with Crippen LogP contribution >= 0.6 is 0 Å². The SMILES string of the molecule is O=C1CCc2cc(C3=C(c4ccncc4)OC(C(=O)N4CCCCC4)C3=O)ccc21. The van der Waals surface area contributed by atoms with Crippen LogP contribution in [0.1, 0.15) is 52.7 Å². The number of Topliss-reactive ketones (excluding diaryl/α,β-unsaturated/α-hetero) is 2. The van der Waals surface area contributed by atoms with Crippen molar-refractivity contribution in [2.24, 2.45) is 0 Å². The van der Waals surface area contributed by atoms with Gasteiger partial charge >= 0.3 is 0 Å². The van der Waals surface area contributed by atoms with Crippen molar-refractivity contribution in [1.82, 2.24) is 9.88 Å².